The number of likely N-dealkylation sites (N-methyl/N-ethyl adjacent to an activating group) is 1. The highest BCUT2D eigenvalue weighted by Gasteiger charge is 2.30. The number of nitrogens with zero attached hydrogens (tertiary/aromatic N) is 2. The molecule has 34 heavy (non-hydrogen) atoms. The number of aliphatic imine (C=N–C) groups is 1. The van der Waals surface area contributed by atoms with E-state index in [2.05, 4.69) is 20.9 Å². The molecule has 0 aliphatic carbocycles. The summed E-state index contributed by atoms with van der Waals surface area (Å²) in [6.07, 6.45) is 1.71. The van der Waals surface area contributed by atoms with Gasteiger partial charge in [-0.05, 0) is 71.9 Å². The summed E-state index contributed by atoms with van der Waals surface area (Å²) in [6, 6.07) is 17.8. The second-order valence-electron chi connectivity index (χ2n) is 7.33. The Bertz CT molecular complexity index is 1340. The van der Waals surface area contributed by atoms with Crippen molar-refractivity contribution in [2.75, 3.05) is 7.05 Å². The van der Waals surface area contributed by atoms with Gasteiger partial charge in [-0.1, -0.05) is 34.1 Å². The first-order chi connectivity index (χ1) is 16.3. The number of rotatable bonds is 6. The lowest BCUT2D eigenvalue weighted by atomic mass is 10.1. The van der Waals surface area contributed by atoms with Gasteiger partial charge in [0.05, 0.1) is 16.2 Å². The van der Waals surface area contributed by atoms with E-state index >= 15 is 0 Å². The van der Waals surface area contributed by atoms with E-state index in [4.69, 9.17) is 4.74 Å². The molecule has 1 fully saturated rings. The quantitative estimate of drug-likeness (QED) is 0.382. The van der Waals surface area contributed by atoms with Crippen LogP contribution in [0.1, 0.15) is 21.5 Å². The molecular formula is C25H18BrFN2O4S. The summed E-state index contributed by atoms with van der Waals surface area (Å²) >= 11 is 4.63. The minimum absolute atomic E-state index is 0.115. The third kappa shape index (κ3) is 5.55. The first-order valence-electron chi connectivity index (χ1n) is 10.1. The number of carboxylic acids is 1. The van der Waals surface area contributed by atoms with Crippen LogP contribution in [-0.2, 0) is 11.4 Å². The second kappa shape index (κ2) is 10.2. The van der Waals surface area contributed by atoms with Gasteiger partial charge in [-0.25, -0.2) is 14.2 Å². The summed E-state index contributed by atoms with van der Waals surface area (Å²) in [7, 11) is 1.61. The molecule has 0 unspecified atom stereocenters. The lowest BCUT2D eigenvalue weighted by Crippen LogP contribution is -2.23. The average molecular weight is 541 g/mol. The van der Waals surface area contributed by atoms with Crippen LogP contribution in [0.15, 0.2) is 81.1 Å². The van der Waals surface area contributed by atoms with Gasteiger partial charge < -0.3 is 9.84 Å². The molecule has 172 valence electrons. The number of carbonyl (C=O) groups is 2. The van der Waals surface area contributed by atoms with E-state index in [1.54, 1.807) is 43.5 Å². The van der Waals surface area contributed by atoms with Gasteiger partial charge >= 0.3 is 5.97 Å². The second-order valence-corrected chi connectivity index (χ2v) is 9.25. The normalized spacial score (nSPS) is 15.9. The molecule has 0 spiro atoms. The summed E-state index contributed by atoms with van der Waals surface area (Å²) in [5.74, 6) is -1.09. The molecule has 4 rings (SSSR count). The van der Waals surface area contributed by atoms with Crippen molar-refractivity contribution in [3.05, 3.63) is 98.6 Å². The zero-order valence-corrected chi connectivity index (χ0v) is 20.3. The molecule has 1 aliphatic heterocycles. The van der Waals surface area contributed by atoms with Gasteiger partial charge in [0.2, 0.25) is 0 Å². The molecule has 3 aromatic rings. The van der Waals surface area contributed by atoms with Crippen LogP contribution in [0, 0.1) is 5.82 Å². The largest absolute Gasteiger partial charge is 0.488 e. The van der Waals surface area contributed by atoms with Crippen molar-refractivity contribution in [2.45, 2.75) is 6.61 Å². The average Bonchev–Trinajstić information content (AvgIpc) is 3.06. The summed E-state index contributed by atoms with van der Waals surface area (Å²) in [6.45, 7) is 0.170. The summed E-state index contributed by atoms with van der Waals surface area (Å²) in [5.41, 5.74) is 1.91. The van der Waals surface area contributed by atoms with Crippen molar-refractivity contribution >= 4 is 56.5 Å². The Morgan fingerprint density at radius 1 is 1.18 bits per heavy atom. The zero-order valence-electron chi connectivity index (χ0n) is 17.9. The lowest BCUT2D eigenvalue weighted by Gasteiger charge is -2.10. The van der Waals surface area contributed by atoms with Gasteiger partial charge in [0.15, 0.2) is 5.17 Å². The fourth-order valence-electron chi connectivity index (χ4n) is 3.16. The van der Waals surface area contributed by atoms with Crippen LogP contribution in [0.25, 0.3) is 6.08 Å². The predicted octanol–water partition coefficient (Wildman–Crippen LogP) is 6.10. The number of amidine groups is 1. The SMILES string of the molecule is CN1C(=O)/C(=C/c2cc(Br)ccc2OCc2cccc(F)c2)SC1=Nc1cccc(C(=O)O)c1. The minimum atomic E-state index is -1.05. The van der Waals surface area contributed by atoms with E-state index in [1.165, 1.54) is 40.9 Å². The Morgan fingerprint density at radius 2 is 1.97 bits per heavy atom. The number of benzene rings is 3. The number of carbonyl (C=O) groups excluding carboxylic acids is 1. The fourth-order valence-corrected chi connectivity index (χ4v) is 4.52. The van der Waals surface area contributed by atoms with Crippen molar-refractivity contribution < 1.29 is 23.8 Å². The third-order valence-corrected chi connectivity index (χ3v) is 6.42. The first-order valence-corrected chi connectivity index (χ1v) is 11.7. The van der Waals surface area contributed by atoms with Gasteiger partial charge in [0.1, 0.15) is 18.2 Å². The van der Waals surface area contributed by atoms with Crippen molar-refractivity contribution in [1.82, 2.24) is 4.90 Å². The van der Waals surface area contributed by atoms with Gasteiger partial charge in [-0.15, -0.1) is 0 Å². The van der Waals surface area contributed by atoms with Crippen LogP contribution in [0.4, 0.5) is 10.1 Å². The Balaban J connectivity index is 1.60. The maximum absolute atomic E-state index is 13.5. The van der Waals surface area contributed by atoms with Crippen LogP contribution in [0.3, 0.4) is 0 Å². The molecule has 9 heteroatoms. The van der Waals surface area contributed by atoms with E-state index in [0.717, 1.165) is 4.47 Å². The number of ether oxygens (including phenoxy) is 1. The van der Waals surface area contributed by atoms with Crippen LogP contribution in [0.5, 0.6) is 5.75 Å². The third-order valence-electron chi connectivity index (χ3n) is 4.86. The molecule has 1 heterocycles. The smallest absolute Gasteiger partial charge is 0.335 e. The predicted molar refractivity (Wildman–Crippen MR) is 134 cm³/mol. The molecular weight excluding hydrogens is 523 g/mol. The van der Waals surface area contributed by atoms with Gasteiger partial charge in [-0.2, -0.15) is 0 Å². The Morgan fingerprint density at radius 3 is 2.74 bits per heavy atom. The van der Waals surface area contributed by atoms with E-state index in [9.17, 15) is 19.1 Å². The molecule has 1 aliphatic rings. The molecule has 6 nitrogen and oxygen atoms in total. The van der Waals surface area contributed by atoms with E-state index < -0.39 is 5.97 Å². The summed E-state index contributed by atoms with van der Waals surface area (Å²) < 4.78 is 20.2. The highest BCUT2D eigenvalue weighted by atomic mass is 79.9. The minimum Gasteiger partial charge on any atom is -0.488 e. The van der Waals surface area contributed by atoms with Gasteiger partial charge in [-0.3, -0.25) is 9.69 Å². The first kappa shape index (κ1) is 23.7. The molecule has 0 aromatic heterocycles. The fraction of sp³-hybridized carbons (Fsp3) is 0.0800. The molecule has 1 amide bonds. The number of carboxylic acid groups (broad SMARTS) is 1. The maximum atomic E-state index is 13.5. The van der Waals surface area contributed by atoms with E-state index in [0.29, 0.717) is 32.6 Å². The highest BCUT2D eigenvalue weighted by molar-refractivity contribution is 9.10. The maximum Gasteiger partial charge on any atom is 0.335 e. The molecule has 0 saturated carbocycles. The summed E-state index contributed by atoms with van der Waals surface area (Å²) in [4.78, 5) is 30.4. The number of hydrogen-bond acceptors (Lipinski definition) is 5. The monoisotopic (exact) mass is 540 g/mol. The topological polar surface area (TPSA) is 79.2 Å². The Labute approximate surface area is 207 Å². The van der Waals surface area contributed by atoms with Gasteiger partial charge in [0, 0.05) is 17.1 Å². The van der Waals surface area contributed by atoms with Crippen LogP contribution in [-0.4, -0.2) is 34.1 Å². The number of hydrogen-bond donors (Lipinski definition) is 1. The number of halogens is 2. The van der Waals surface area contributed by atoms with Crippen molar-refractivity contribution in [3.8, 4) is 5.75 Å². The molecule has 1 N–H and O–H groups in total. The van der Waals surface area contributed by atoms with Crippen LogP contribution >= 0.6 is 27.7 Å². The molecule has 0 bridgehead atoms. The summed E-state index contributed by atoms with van der Waals surface area (Å²) in [5, 5.41) is 9.61. The van der Waals surface area contributed by atoms with E-state index in [1.807, 2.05) is 12.1 Å². The molecule has 1 saturated heterocycles. The number of aromatic carboxylic acids is 1. The molecule has 3 aromatic carbocycles. The van der Waals surface area contributed by atoms with Crippen molar-refractivity contribution in [1.29, 1.82) is 0 Å². The standard InChI is InChI=1S/C25H18BrFN2O4S/c1-29-23(30)22(34-25(29)28-20-7-3-5-16(12-20)24(31)32)13-17-11-18(26)8-9-21(17)33-14-15-4-2-6-19(27)10-15/h2-13H,14H2,1H3,(H,31,32)/b22-13-,28-25?. The van der Waals surface area contributed by atoms with Crippen molar-refractivity contribution in [3.63, 3.8) is 0 Å². The lowest BCUT2D eigenvalue weighted by molar-refractivity contribution is -0.121. The van der Waals surface area contributed by atoms with Crippen molar-refractivity contribution in [2.24, 2.45) is 4.99 Å². The Hall–Kier alpha value is -3.43. The molecule has 0 radical (unpaired) electrons. The number of amides is 1. The number of thioether (sulfide) groups is 1. The van der Waals surface area contributed by atoms with Crippen LogP contribution in [0.2, 0.25) is 0 Å². The molecule has 0 atom stereocenters. The Kier molecular flexibility index (Phi) is 7.14. The van der Waals surface area contributed by atoms with Crippen LogP contribution < -0.4 is 4.74 Å². The van der Waals surface area contributed by atoms with Gasteiger partial charge in [0.25, 0.3) is 5.91 Å². The highest BCUT2D eigenvalue weighted by Crippen LogP contribution is 2.35. The van der Waals surface area contributed by atoms with E-state index in [-0.39, 0.29) is 23.9 Å². The zero-order chi connectivity index (χ0) is 24.2.